The van der Waals surface area contributed by atoms with Gasteiger partial charge in [0.2, 0.25) is 11.8 Å². The van der Waals surface area contributed by atoms with Crippen LogP contribution in [0.3, 0.4) is 0 Å². The van der Waals surface area contributed by atoms with Crippen molar-refractivity contribution in [2.45, 2.75) is 31.8 Å². The molecule has 1 N–H and O–H groups in total. The zero-order chi connectivity index (χ0) is 15.5. The van der Waals surface area contributed by atoms with Crippen LogP contribution in [0.5, 0.6) is 0 Å². The van der Waals surface area contributed by atoms with Gasteiger partial charge in [0.05, 0.1) is 0 Å². The Kier molecular flexibility index (Phi) is 4.20. The number of piperidine rings is 1. The largest absolute Gasteiger partial charge is 0.331 e. The van der Waals surface area contributed by atoms with Gasteiger partial charge in [-0.15, -0.1) is 0 Å². The molecule has 2 heterocycles. The summed E-state index contributed by atoms with van der Waals surface area (Å²) in [5.74, 6) is -0.886. The molecule has 22 heavy (non-hydrogen) atoms. The molecule has 2 aliphatic rings. The van der Waals surface area contributed by atoms with Crippen LogP contribution in [0.4, 0.5) is 4.79 Å². The highest BCUT2D eigenvalue weighted by molar-refractivity contribution is 6.14. The van der Waals surface area contributed by atoms with Crippen molar-refractivity contribution in [3.05, 3.63) is 35.9 Å². The molecule has 0 unspecified atom stereocenters. The number of urea groups is 1. The molecule has 6 nitrogen and oxygen atoms in total. The van der Waals surface area contributed by atoms with Crippen LogP contribution in [0, 0.1) is 0 Å². The number of amides is 4. The highest BCUT2D eigenvalue weighted by Gasteiger charge is 2.37. The van der Waals surface area contributed by atoms with E-state index < -0.39 is 11.9 Å². The fraction of sp³-hybridized carbons (Fsp3) is 0.438. The van der Waals surface area contributed by atoms with Gasteiger partial charge in [0.1, 0.15) is 6.42 Å². The maximum atomic E-state index is 11.9. The number of carbonyl (C=O) groups excluding carboxylic acids is 3. The van der Waals surface area contributed by atoms with Crippen molar-refractivity contribution in [1.29, 1.82) is 0 Å². The first kappa shape index (κ1) is 14.7. The SMILES string of the molecule is O=C1CC(=O)N(C2CCN(Cc3ccccc3)CC2)C(=O)N1. The normalized spacial score (nSPS) is 21.1. The molecule has 2 fully saturated rings. The number of hydrogen-bond donors (Lipinski definition) is 1. The van der Waals surface area contributed by atoms with Crippen LogP contribution in [-0.2, 0) is 16.1 Å². The van der Waals surface area contributed by atoms with Gasteiger partial charge < -0.3 is 0 Å². The van der Waals surface area contributed by atoms with E-state index in [-0.39, 0.29) is 18.4 Å². The van der Waals surface area contributed by atoms with E-state index in [2.05, 4.69) is 22.3 Å². The molecule has 0 saturated carbocycles. The lowest BCUT2D eigenvalue weighted by atomic mass is 10.0. The van der Waals surface area contributed by atoms with E-state index in [4.69, 9.17) is 0 Å². The summed E-state index contributed by atoms with van der Waals surface area (Å²) < 4.78 is 0. The van der Waals surface area contributed by atoms with Crippen molar-refractivity contribution >= 4 is 17.8 Å². The van der Waals surface area contributed by atoms with Crippen LogP contribution in [0.25, 0.3) is 0 Å². The number of nitrogens with one attached hydrogen (secondary N) is 1. The van der Waals surface area contributed by atoms with Crippen LogP contribution in [-0.4, -0.2) is 46.8 Å². The van der Waals surface area contributed by atoms with E-state index in [0.717, 1.165) is 32.5 Å². The second-order valence-electron chi connectivity index (χ2n) is 5.79. The van der Waals surface area contributed by atoms with Crippen molar-refractivity contribution in [1.82, 2.24) is 15.1 Å². The molecular formula is C16H19N3O3. The Labute approximate surface area is 129 Å². The number of hydrogen-bond acceptors (Lipinski definition) is 4. The Hall–Kier alpha value is -2.21. The predicted octanol–water partition coefficient (Wildman–Crippen LogP) is 1.12. The maximum absolute atomic E-state index is 11.9. The number of barbiturate groups is 1. The first-order valence-electron chi connectivity index (χ1n) is 7.55. The minimum atomic E-state index is -0.567. The molecule has 116 valence electrons. The Morgan fingerprint density at radius 2 is 1.73 bits per heavy atom. The first-order valence-corrected chi connectivity index (χ1v) is 7.55. The van der Waals surface area contributed by atoms with Crippen LogP contribution in [0.15, 0.2) is 30.3 Å². The molecule has 4 amide bonds. The summed E-state index contributed by atoms with van der Waals surface area (Å²) in [5, 5.41) is 2.22. The van der Waals surface area contributed by atoms with E-state index in [1.165, 1.54) is 10.5 Å². The second-order valence-corrected chi connectivity index (χ2v) is 5.79. The van der Waals surface area contributed by atoms with E-state index in [1.54, 1.807) is 0 Å². The summed E-state index contributed by atoms with van der Waals surface area (Å²) in [5.41, 5.74) is 1.26. The van der Waals surface area contributed by atoms with E-state index in [9.17, 15) is 14.4 Å². The quantitative estimate of drug-likeness (QED) is 0.849. The highest BCUT2D eigenvalue weighted by atomic mass is 16.2. The minimum absolute atomic E-state index is 0.104. The van der Waals surface area contributed by atoms with Gasteiger partial charge in [-0.2, -0.15) is 0 Å². The van der Waals surface area contributed by atoms with Gasteiger partial charge >= 0.3 is 6.03 Å². The van der Waals surface area contributed by atoms with Crippen LogP contribution in [0.2, 0.25) is 0 Å². The molecule has 3 rings (SSSR count). The monoisotopic (exact) mass is 301 g/mol. The topological polar surface area (TPSA) is 69.7 Å². The van der Waals surface area contributed by atoms with Gasteiger partial charge in [0, 0.05) is 25.7 Å². The van der Waals surface area contributed by atoms with E-state index >= 15 is 0 Å². The summed E-state index contributed by atoms with van der Waals surface area (Å²) in [6.45, 7) is 2.56. The Bertz CT molecular complexity index is 560. The molecule has 0 bridgehead atoms. The number of imide groups is 2. The zero-order valence-electron chi connectivity index (χ0n) is 12.3. The molecule has 1 aromatic rings. The second kappa shape index (κ2) is 6.27. The van der Waals surface area contributed by atoms with Crippen molar-refractivity contribution in [3.63, 3.8) is 0 Å². The fourth-order valence-electron chi connectivity index (χ4n) is 3.11. The number of rotatable bonds is 3. The van der Waals surface area contributed by atoms with E-state index in [1.807, 2.05) is 18.2 Å². The summed E-state index contributed by atoms with van der Waals surface area (Å²) in [6, 6.07) is 9.57. The van der Waals surface area contributed by atoms with Crippen molar-refractivity contribution in [3.8, 4) is 0 Å². The van der Waals surface area contributed by atoms with Gasteiger partial charge in [0.15, 0.2) is 0 Å². The third-order valence-corrected chi connectivity index (χ3v) is 4.22. The molecule has 0 aromatic heterocycles. The number of benzene rings is 1. The van der Waals surface area contributed by atoms with Gasteiger partial charge in [0.25, 0.3) is 0 Å². The lowest BCUT2D eigenvalue weighted by Crippen LogP contribution is -2.58. The summed E-state index contributed by atoms with van der Waals surface area (Å²) in [7, 11) is 0. The molecule has 0 spiro atoms. The van der Waals surface area contributed by atoms with Crippen LogP contribution in [0.1, 0.15) is 24.8 Å². The van der Waals surface area contributed by atoms with Crippen LogP contribution < -0.4 is 5.32 Å². The summed E-state index contributed by atoms with van der Waals surface area (Å²) in [4.78, 5) is 38.5. The number of nitrogens with zero attached hydrogens (tertiary/aromatic N) is 2. The fourth-order valence-corrected chi connectivity index (χ4v) is 3.11. The molecule has 2 saturated heterocycles. The molecule has 0 radical (unpaired) electrons. The molecule has 0 aliphatic carbocycles. The molecular weight excluding hydrogens is 282 g/mol. The highest BCUT2D eigenvalue weighted by Crippen LogP contribution is 2.20. The predicted molar refractivity (Wildman–Crippen MR) is 79.7 cm³/mol. The van der Waals surface area contributed by atoms with Crippen molar-refractivity contribution in [2.75, 3.05) is 13.1 Å². The first-order chi connectivity index (χ1) is 10.6. The van der Waals surface area contributed by atoms with Crippen molar-refractivity contribution in [2.24, 2.45) is 0 Å². The zero-order valence-corrected chi connectivity index (χ0v) is 12.3. The van der Waals surface area contributed by atoms with Crippen molar-refractivity contribution < 1.29 is 14.4 Å². The minimum Gasteiger partial charge on any atom is -0.299 e. The average Bonchev–Trinajstić information content (AvgIpc) is 2.49. The van der Waals surface area contributed by atoms with Gasteiger partial charge in [-0.05, 0) is 18.4 Å². The molecule has 0 atom stereocenters. The Balaban J connectivity index is 1.56. The van der Waals surface area contributed by atoms with Crippen LogP contribution >= 0.6 is 0 Å². The average molecular weight is 301 g/mol. The summed E-state index contributed by atoms with van der Waals surface area (Å²) >= 11 is 0. The molecule has 6 heteroatoms. The maximum Gasteiger partial charge on any atom is 0.331 e. The lowest BCUT2D eigenvalue weighted by molar-refractivity contribution is -0.138. The molecule has 1 aromatic carbocycles. The third kappa shape index (κ3) is 3.17. The number of likely N-dealkylation sites (tertiary alicyclic amines) is 1. The smallest absolute Gasteiger partial charge is 0.299 e. The lowest BCUT2D eigenvalue weighted by Gasteiger charge is -2.38. The Morgan fingerprint density at radius 1 is 1.05 bits per heavy atom. The van der Waals surface area contributed by atoms with Gasteiger partial charge in [-0.1, -0.05) is 30.3 Å². The Morgan fingerprint density at radius 3 is 2.36 bits per heavy atom. The van der Waals surface area contributed by atoms with E-state index in [0.29, 0.717) is 0 Å². The van der Waals surface area contributed by atoms with Gasteiger partial charge in [-0.3, -0.25) is 24.7 Å². The summed E-state index contributed by atoms with van der Waals surface area (Å²) in [6.07, 6.45) is 1.27. The molecule has 2 aliphatic heterocycles. The standard InChI is InChI=1S/C16H19N3O3/c20-14-10-15(21)19(16(22)17-14)13-6-8-18(9-7-13)11-12-4-2-1-3-5-12/h1-5,13H,6-11H2,(H,17,20,22). The number of carbonyl (C=O) groups is 3. The third-order valence-electron chi connectivity index (χ3n) is 4.22. The van der Waals surface area contributed by atoms with Gasteiger partial charge in [-0.25, -0.2) is 4.79 Å².